The normalized spacial score (nSPS) is 23.5. The molecule has 1 aromatic carbocycles. The predicted octanol–water partition coefficient (Wildman–Crippen LogP) is 3.87. The number of nitrogens with zero attached hydrogens (tertiary/aromatic N) is 3. The van der Waals surface area contributed by atoms with Crippen molar-refractivity contribution in [3.63, 3.8) is 0 Å². The fourth-order valence-electron chi connectivity index (χ4n) is 4.76. The first-order valence-corrected chi connectivity index (χ1v) is 11.6. The molecule has 2 atom stereocenters. The Hall–Kier alpha value is -2.04. The van der Waals surface area contributed by atoms with E-state index in [1.807, 2.05) is 23.7 Å². The Morgan fingerprint density at radius 2 is 2.00 bits per heavy atom. The number of hydrogen-bond acceptors (Lipinski definition) is 5. The molecule has 0 unspecified atom stereocenters. The summed E-state index contributed by atoms with van der Waals surface area (Å²) < 4.78 is 70.2. The molecule has 2 fully saturated rings. The molecule has 1 N–H and O–H groups in total. The topological polar surface area (TPSA) is 65.5 Å². The van der Waals surface area contributed by atoms with Gasteiger partial charge in [0.25, 0.3) is 10.0 Å². The summed E-state index contributed by atoms with van der Waals surface area (Å²) >= 11 is 6.18. The van der Waals surface area contributed by atoms with Crippen molar-refractivity contribution in [1.29, 1.82) is 0 Å². The number of halogens is 4. The van der Waals surface area contributed by atoms with Gasteiger partial charge in [0.15, 0.2) is 10.7 Å². The van der Waals surface area contributed by atoms with E-state index in [0.29, 0.717) is 19.1 Å². The van der Waals surface area contributed by atoms with E-state index in [4.69, 9.17) is 11.6 Å². The van der Waals surface area contributed by atoms with Crippen molar-refractivity contribution < 1.29 is 21.6 Å². The largest absolute Gasteiger partial charge is 0.370 e. The first-order valence-electron chi connectivity index (χ1n) is 9.78. The molecule has 2 aliphatic rings. The van der Waals surface area contributed by atoms with E-state index in [1.165, 1.54) is 6.07 Å². The predicted molar refractivity (Wildman–Crippen MR) is 112 cm³/mol. The zero-order chi connectivity index (χ0) is 22.6. The Kier molecular flexibility index (Phi) is 5.60. The molecule has 4 rings (SSSR count). The third-order valence-corrected chi connectivity index (χ3v) is 8.04. The van der Waals surface area contributed by atoms with Gasteiger partial charge in [0, 0.05) is 30.6 Å². The number of anilines is 2. The van der Waals surface area contributed by atoms with Gasteiger partial charge in [-0.25, -0.2) is 22.2 Å². The summed E-state index contributed by atoms with van der Waals surface area (Å²) in [5.74, 6) is -4.01. The third kappa shape index (κ3) is 3.85. The van der Waals surface area contributed by atoms with E-state index in [1.54, 1.807) is 0 Å². The van der Waals surface area contributed by atoms with Crippen molar-refractivity contribution in [3.05, 3.63) is 46.9 Å². The standard InChI is InChI=1S/C20H22ClF3N4O2S/c1-27(2)14-6-7-20(14)8-9-28(11-20)13-10-12(22)19(18(24)17(13)21)31(29,30)26-16-5-3-4-15(23)25-16/h3-5,10,14H,6-9,11H2,1-2H3,(H,25,26)/t14-,20-/m0/s1. The van der Waals surface area contributed by atoms with Crippen LogP contribution in [0.1, 0.15) is 19.3 Å². The summed E-state index contributed by atoms with van der Waals surface area (Å²) in [6, 6.07) is 4.72. The van der Waals surface area contributed by atoms with E-state index in [2.05, 4.69) is 9.88 Å². The van der Waals surface area contributed by atoms with Gasteiger partial charge in [-0.1, -0.05) is 17.7 Å². The minimum absolute atomic E-state index is 0.0368. The molecule has 1 aliphatic heterocycles. The van der Waals surface area contributed by atoms with Gasteiger partial charge in [-0.2, -0.15) is 4.39 Å². The molecular formula is C20H22ClF3N4O2S. The van der Waals surface area contributed by atoms with E-state index < -0.39 is 43.3 Å². The van der Waals surface area contributed by atoms with Crippen LogP contribution in [-0.2, 0) is 10.0 Å². The molecule has 168 valence electrons. The summed E-state index contributed by atoms with van der Waals surface area (Å²) in [6.07, 6.45) is 2.95. The van der Waals surface area contributed by atoms with Crippen LogP contribution in [0.15, 0.2) is 29.2 Å². The summed E-state index contributed by atoms with van der Waals surface area (Å²) in [5.41, 5.74) is 0.163. The minimum atomic E-state index is -4.73. The highest BCUT2D eigenvalue weighted by Gasteiger charge is 2.52. The fraction of sp³-hybridized carbons (Fsp3) is 0.450. The molecule has 31 heavy (non-hydrogen) atoms. The molecule has 0 radical (unpaired) electrons. The Morgan fingerprint density at radius 3 is 2.61 bits per heavy atom. The molecule has 1 aliphatic carbocycles. The Morgan fingerprint density at radius 1 is 1.26 bits per heavy atom. The van der Waals surface area contributed by atoms with Gasteiger partial charge < -0.3 is 9.80 Å². The first-order chi connectivity index (χ1) is 14.5. The van der Waals surface area contributed by atoms with Crippen LogP contribution in [0.5, 0.6) is 0 Å². The van der Waals surface area contributed by atoms with Crippen molar-refractivity contribution in [2.45, 2.75) is 30.2 Å². The van der Waals surface area contributed by atoms with Crippen LogP contribution in [0.2, 0.25) is 5.02 Å². The molecule has 0 bridgehead atoms. The summed E-state index contributed by atoms with van der Waals surface area (Å²) in [6.45, 7) is 1.16. The molecule has 1 saturated heterocycles. The molecule has 2 heterocycles. The number of benzene rings is 1. The minimum Gasteiger partial charge on any atom is -0.370 e. The number of nitrogens with one attached hydrogen (secondary N) is 1. The highest BCUT2D eigenvalue weighted by atomic mass is 35.5. The highest BCUT2D eigenvalue weighted by molar-refractivity contribution is 7.92. The van der Waals surface area contributed by atoms with Gasteiger partial charge in [-0.05, 0) is 45.5 Å². The van der Waals surface area contributed by atoms with Gasteiger partial charge in [0.05, 0.1) is 5.69 Å². The Labute approximate surface area is 184 Å². The van der Waals surface area contributed by atoms with Crippen LogP contribution < -0.4 is 9.62 Å². The van der Waals surface area contributed by atoms with Crippen LogP contribution in [0.4, 0.5) is 24.7 Å². The van der Waals surface area contributed by atoms with Crippen molar-refractivity contribution in [3.8, 4) is 0 Å². The van der Waals surface area contributed by atoms with Crippen LogP contribution in [0, 0.1) is 23.0 Å². The molecular weight excluding hydrogens is 453 g/mol. The Bertz CT molecular complexity index is 1130. The van der Waals surface area contributed by atoms with Crippen LogP contribution in [0.25, 0.3) is 0 Å². The lowest BCUT2D eigenvalue weighted by molar-refractivity contribution is 0.0177. The smallest absolute Gasteiger partial charge is 0.268 e. The molecule has 2 aromatic rings. The monoisotopic (exact) mass is 474 g/mol. The van der Waals surface area contributed by atoms with Crippen molar-refractivity contribution >= 4 is 33.1 Å². The van der Waals surface area contributed by atoms with Gasteiger partial charge in [0.2, 0.25) is 5.95 Å². The SMILES string of the molecule is CN(C)[C@H]1CC[C@@]12CCN(c1cc(F)c(S(=O)(=O)Nc3cccc(F)n3)c(F)c1Cl)C2. The van der Waals surface area contributed by atoms with Crippen molar-refractivity contribution in [2.24, 2.45) is 5.41 Å². The summed E-state index contributed by atoms with van der Waals surface area (Å²) in [5, 5.41) is -0.466. The van der Waals surface area contributed by atoms with Crippen LogP contribution in [-0.4, -0.2) is 51.5 Å². The van der Waals surface area contributed by atoms with Crippen LogP contribution >= 0.6 is 11.6 Å². The third-order valence-electron chi connectivity index (χ3n) is 6.29. The lowest BCUT2D eigenvalue weighted by atomic mass is 9.63. The molecule has 6 nitrogen and oxygen atoms in total. The van der Waals surface area contributed by atoms with Crippen molar-refractivity contribution in [2.75, 3.05) is 36.8 Å². The van der Waals surface area contributed by atoms with Gasteiger partial charge in [0.1, 0.15) is 16.7 Å². The number of aromatic nitrogens is 1. The lowest BCUT2D eigenvalue weighted by Gasteiger charge is -2.50. The summed E-state index contributed by atoms with van der Waals surface area (Å²) in [7, 11) is -0.700. The molecule has 1 aromatic heterocycles. The second-order valence-electron chi connectivity index (χ2n) is 8.34. The second-order valence-corrected chi connectivity index (χ2v) is 10.3. The van der Waals surface area contributed by atoms with E-state index in [0.717, 1.165) is 37.5 Å². The second kappa shape index (κ2) is 7.83. The van der Waals surface area contributed by atoms with E-state index >= 15 is 4.39 Å². The average molecular weight is 475 g/mol. The van der Waals surface area contributed by atoms with Gasteiger partial charge >= 0.3 is 0 Å². The van der Waals surface area contributed by atoms with Gasteiger partial charge in [-0.3, -0.25) is 4.72 Å². The number of hydrogen-bond donors (Lipinski definition) is 1. The highest BCUT2D eigenvalue weighted by Crippen LogP contribution is 2.51. The zero-order valence-electron chi connectivity index (χ0n) is 17.0. The molecule has 1 saturated carbocycles. The number of pyridine rings is 1. The molecule has 11 heteroatoms. The molecule has 0 amide bonds. The first kappa shape index (κ1) is 22.2. The zero-order valence-corrected chi connectivity index (χ0v) is 18.6. The van der Waals surface area contributed by atoms with Crippen molar-refractivity contribution in [1.82, 2.24) is 9.88 Å². The maximum atomic E-state index is 15.0. The van der Waals surface area contributed by atoms with E-state index in [9.17, 15) is 17.2 Å². The van der Waals surface area contributed by atoms with Crippen LogP contribution in [0.3, 0.4) is 0 Å². The maximum absolute atomic E-state index is 15.0. The number of sulfonamides is 1. The Balaban J connectivity index is 1.64. The van der Waals surface area contributed by atoms with Gasteiger partial charge in [-0.15, -0.1) is 0 Å². The molecule has 1 spiro atoms. The maximum Gasteiger partial charge on any atom is 0.268 e. The quantitative estimate of drug-likeness (QED) is 0.526. The summed E-state index contributed by atoms with van der Waals surface area (Å²) in [4.78, 5) is 6.10. The van der Waals surface area contributed by atoms with E-state index in [-0.39, 0.29) is 11.1 Å². The lowest BCUT2D eigenvalue weighted by Crippen LogP contribution is -2.54. The number of rotatable bonds is 5. The average Bonchev–Trinajstić information content (AvgIpc) is 3.10. The fourth-order valence-corrected chi connectivity index (χ4v) is 6.23.